The van der Waals surface area contributed by atoms with E-state index < -0.39 is 0 Å². The molecule has 1 unspecified atom stereocenters. The summed E-state index contributed by atoms with van der Waals surface area (Å²) in [5.74, 6) is 0. The van der Waals surface area contributed by atoms with Crippen molar-refractivity contribution in [3.05, 3.63) is 48.5 Å². The van der Waals surface area contributed by atoms with Gasteiger partial charge in [-0.05, 0) is 43.0 Å². The minimum absolute atomic E-state index is 0. The number of anilines is 1. The van der Waals surface area contributed by atoms with E-state index in [4.69, 9.17) is 5.10 Å². The number of rotatable bonds is 4. The van der Waals surface area contributed by atoms with Gasteiger partial charge < -0.3 is 10.2 Å². The van der Waals surface area contributed by atoms with Crippen LogP contribution in [0.15, 0.2) is 53.6 Å². The van der Waals surface area contributed by atoms with Crippen molar-refractivity contribution in [1.82, 2.24) is 20.0 Å². The molecule has 1 atom stereocenters. The Morgan fingerprint density at radius 3 is 2.55 bits per heavy atom. The van der Waals surface area contributed by atoms with Crippen molar-refractivity contribution in [2.24, 2.45) is 0 Å². The Morgan fingerprint density at radius 2 is 1.79 bits per heavy atom. The van der Waals surface area contributed by atoms with Crippen LogP contribution in [-0.2, 0) is 0 Å². The summed E-state index contributed by atoms with van der Waals surface area (Å²) in [6, 6.07) is 18.0. The van der Waals surface area contributed by atoms with Crippen LogP contribution in [0, 0.1) is 0 Å². The van der Waals surface area contributed by atoms with Gasteiger partial charge >= 0.3 is 0 Å². The van der Waals surface area contributed by atoms with Gasteiger partial charge in [0.2, 0.25) is 0 Å². The third-order valence-electron chi connectivity index (χ3n) is 6.02. The fourth-order valence-corrected chi connectivity index (χ4v) is 5.07. The molecule has 3 aromatic rings. The number of benzene rings is 2. The number of fused-ring (bicyclic) bond motifs is 1. The minimum Gasteiger partial charge on any atom is -0.370 e. The Bertz CT molecular complexity index is 954. The van der Waals surface area contributed by atoms with Crippen LogP contribution in [-0.4, -0.2) is 66.2 Å². The Morgan fingerprint density at radius 1 is 1.00 bits per heavy atom. The highest BCUT2D eigenvalue weighted by molar-refractivity contribution is 7.98. The second kappa shape index (κ2) is 8.96. The SMILES string of the molecule is CSc1nn(-c2ccccc2)c2cc(N3CCC(N4CCNCC4)C3)ccc12.Cl. The second-order valence-electron chi connectivity index (χ2n) is 7.63. The predicted molar refractivity (Wildman–Crippen MR) is 125 cm³/mol. The average molecular weight is 430 g/mol. The van der Waals surface area contributed by atoms with Crippen LogP contribution >= 0.6 is 24.2 Å². The van der Waals surface area contributed by atoms with E-state index >= 15 is 0 Å². The monoisotopic (exact) mass is 429 g/mol. The molecule has 2 aromatic carbocycles. The highest BCUT2D eigenvalue weighted by Crippen LogP contribution is 2.32. The van der Waals surface area contributed by atoms with E-state index in [2.05, 4.69) is 74.6 Å². The highest BCUT2D eigenvalue weighted by atomic mass is 35.5. The molecule has 2 saturated heterocycles. The van der Waals surface area contributed by atoms with Gasteiger partial charge in [-0.25, -0.2) is 4.68 Å². The molecule has 29 heavy (non-hydrogen) atoms. The lowest BCUT2D eigenvalue weighted by Gasteiger charge is -2.32. The molecule has 0 aliphatic carbocycles. The number of piperazine rings is 1. The summed E-state index contributed by atoms with van der Waals surface area (Å²) < 4.78 is 2.09. The number of para-hydroxylation sites is 1. The average Bonchev–Trinajstić information content (AvgIpc) is 3.40. The summed E-state index contributed by atoms with van der Waals surface area (Å²) in [6.45, 7) is 6.85. The first-order valence-corrected chi connectivity index (χ1v) is 11.4. The lowest BCUT2D eigenvalue weighted by atomic mass is 10.2. The molecule has 2 aliphatic rings. The van der Waals surface area contributed by atoms with E-state index in [1.807, 2.05) is 0 Å². The smallest absolute Gasteiger partial charge is 0.126 e. The van der Waals surface area contributed by atoms with Gasteiger partial charge in [-0.15, -0.1) is 24.2 Å². The predicted octanol–water partition coefficient (Wildman–Crippen LogP) is 3.65. The van der Waals surface area contributed by atoms with Gasteiger partial charge in [-0.2, -0.15) is 5.10 Å². The van der Waals surface area contributed by atoms with E-state index in [1.165, 1.54) is 36.1 Å². The minimum atomic E-state index is 0. The maximum Gasteiger partial charge on any atom is 0.126 e. The molecule has 0 amide bonds. The van der Waals surface area contributed by atoms with Crippen LogP contribution in [0.3, 0.4) is 0 Å². The standard InChI is InChI=1S/C22H27N5S.ClH/c1-28-22-20-8-7-18(15-21(20)27(24-22)17-5-3-2-4-6-17)26-12-9-19(16-26)25-13-10-23-11-14-25;/h2-8,15,19,23H,9-14,16H2,1H3;1H. The van der Waals surface area contributed by atoms with Crippen molar-refractivity contribution >= 4 is 40.8 Å². The summed E-state index contributed by atoms with van der Waals surface area (Å²) in [4.78, 5) is 5.21. The quantitative estimate of drug-likeness (QED) is 0.640. The van der Waals surface area contributed by atoms with E-state index in [9.17, 15) is 0 Å². The second-order valence-corrected chi connectivity index (χ2v) is 8.43. The van der Waals surface area contributed by atoms with Crippen LogP contribution in [0.2, 0.25) is 0 Å². The van der Waals surface area contributed by atoms with E-state index in [1.54, 1.807) is 11.8 Å². The lowest BCUT2D eigenvalue weighted by Crippen LogP contribution is -2.49. The highest BCUT2D eigenvalue weighted by Gasteiger charge is 2.29. The largest absolute Gasteiger partial charge is 0.370 e. The molecule has 2 aliphatic heterocycles. The van der Waals surface area contributed by atoms with Crippen LogP contribution in [0.1, 0.15) is 6.42 Å². The van der Waals surface area contributed by atoms with Crippen LogP contribution in [0.4, 0.5) is 5.69 Å². The Hall–Kier alpha value is -1.73. The molecule has 0 saturated carbocycles. The fraction of sp³-hybridized carbons (Fsp3) is 0.409. The van der Waals surface area contributed by atoms with Gasteiger partial charge in [0, 0.05) is 56.4 Å². The fourth-order valence-electron chi connectivity index (χ4n) is 4.51. The summed E-state index contributed by atoms with van der Waals surface area (Å²) in [5, 5.41) is 10.7. The van der Waals surface area contributed by atoms with Crippen molar-refractivity contribution in [2.75, 3.05) is 50.4 Å². The lowest BCUT2D eigenvalue weighted by molar-refractivity contribution is 0.185. The van der Waals surface area contributed by atoms with Crippen LogP contribution in [0.5, 0.6) is 0 Å². The summed E-state index contributed by atoms with van der Waals surface area (Å²) in [7, 11) is 0. The molecule has 7 heteroatoms. The summed E-state index contributed by atoms with van der Waals surface area (Å²) in [6.07, 6.45) is 3.36. The Kier molecular flexibility index (Phi) is 6.35. The number of nitrogens with one attached hydrogen (secondary N) is 1. The van der Waals surface area contributed by atoms with Crippen molar-refractivity contribution in [2.45, 2.75) is 17.5 Å². The van der Waals surface area contributed by atoms with Crippen molar-refractivity contribution < 1.29 is 0 Å². The van der Waals surface area contributed by atoms with Gasteiger partial charge in [-0.3, -0.25) is 4.90 Å². The summed E-state index contributed by atoms with van der Waals surface area (Å²) in [5.41, 5.74) is 3.62. The Labute approximate surface area is 182 Å². The number of halogens is 1. The molecule has 2 fully saturated rings. The maximum absolute atomic E-state index is 4.88. The molecule has 0 bridgehead atoms. The first-order valence-electron chi connectivity index (χ1n) is 10.2. The third-order valence-corrected chi connectivity index (χ3v) is 6.71. The molecule has 1 N–H and O–H groups in total. The van der Waals surface area contributed by atoms with Crippen molar-refractivity contribution in [3.63, 3.8) is 0 Å². The molecule has 5 rings (SSSR count). The number of thioether (sulfide) groups is 1. The molecule has 3 heterocycles. The summed E-state index contributed by atoms with van der Waals surface area (Å²) >= 11 is 1.71. The van der Waals surface area contributed by atoms with Gasteiger partial charge in [0.05, 0.1) is 11.2 Å². The first kappa shape index (κ1) is 20.5. The zero-order valence-electron chi connectivity index (χ0n) is 16.8. The molecule has 1 aromatic heterocycles. The van der Waals surface area contributed by atoms with Gasteiger partial charge in [0.15, 0.2) is 0 Å². The number of hydrogen-bond acceptors (Lipinski definition) is 5. The first-order chi connectivity index (χ1) is 13.8. The number of aromatic nitrogens is 2. The van der Waals surface area contributed by atoms with Gasteiger partial charge in [-0.1, -0.05) is 18.2 Å². The maximum atomic E-state index is 4.88. The molecular weight excluding hydrogens is 402 g/mol. The zero-order chi connectivity index (χ0) is 18.9. The number of nitrogens with zero attached hydrogens (tertiary/aromatic N) is 4. The van der Waals surface area contributed by atoms with Gasteiger partial charge in [0.1, 0.15) is 5.03 Å². The normalized spacial score (nSPS) is 20.2. The van der Waals surface area contributed by atoms with Crippen molar-refractivity contribution in [1.29, 1.82) is 0 Å². The third kappa shape index (κ3) is 3.99. The van der Waals surface area contributed by atoms with E-state index in [-0.39, 0.29) is 12.4 Å². The van der Waals surface area contributed by atoms with E-state index in [0.29, 0.717) is 6.04 Å². The molecular formula is C22H28ClN5S. The van der Waals surface area contributed by atoms with Crippen LogP contribution < -0.4 is 10.2 Å². The number of hydrogen-bond donors (Lipinski definition) is 1. The topological polar surface area (TPSA) is 36.3 Å². The molecule has 0 spiro atoms. The molecule has 0 radical (unpaired) electrons. The van der Waals surface area contributed by atoms with E-state index in [0.717, 1.165) is 36.9 Å². The zero-order valence-corrected chi connectivity index (χ0v) is 18.4. The van der Waals surface area contributed by atoms with Gasteiger partial charge in [0.25, 0.3) is 0 Å². The Balaban J connectivity index is 0.00000205. The van der Waals surface area contributed by atoms with Crippen LogP contribution in [0.25, 0.3) is 16.6 Å². The molecule has 154 valence electrons. The molecule has 5 nitrogen and oxygen atoms in total. The van der Waals surface area contributed by atoms with Crippen molar-refractivity contribution in [3.8, 4) is 5.69 Å².